The van der Waals surface area contributed by atoms with E-state index in [1.807, 2.05) is 24.3 Å². The molecular weight excluding hydrogens is 379 g/mol. The molecule has 0 bridgehead atoms. The van der Waals surface area contributed by atoms with Gasteiger partial charge >= 0.3 is 0 Å². The Morgan fingerprint density at radius 2 is 1.86 bits per heavy atom. The van der Waals surface area contributed by atoms with Gasteiger partial charge in [0.15, 0.2) is 5.96 Å². The summed E-state index contributed by atoms with van der Waals surface area (Å²) in [5, 5.41) is 9.10. The number of guanidine groups is 1. The van der Waals surface area contributed by atoms with Gasteiger partial charge in [0.25, 0.3) is 5.91 Å². The van der Waals surface area contributed by atoms with E-state index in [0.717, 1.165) is 30.9 Å². The fraction of sp³-hybridized carbons (Fsp3) is 0.467. The molecule has 5 nitrogen and oxygen atoms in total. The molecule has 0 fully saturated rings. The van der Waals surface area contributed by atoms with Crippen LogP contribution in [0.3, 0.4) is 0 Å². The number of amides is 1. The SMILES string of the molecule is CCCCNC(=NC)NCc1ccc(C(=O)NC)cc1.I. The van der Waals surface area contributed by atoms with E-state index in [9.17, 15) is 4.79 Å². The molecule has 0 aliphatic heterocycles. The molecule has 1 aromatic carbocycles. The van der Waals surface area contributed by atoms with Gasteiger partial charge in [-0.05, 0) is 24.1 Å². The summed E-state index contributed by atoms with van der Waals surface area (Å²) in [6.07, 6.45) is 2.28. The van der Waals surface area contributed by atoms with Gasteiger partial charge in [-0.1, -0.05) is 25.5 Å². The third kappa shape index (κ3) is 7.31. The quantitative estimate of drug-likeness (QED) is 0.295. The second-order valence-electron chi connectivity index (χ2n) is 4.48. The lowest BCUT2D eigenvalue weighted by Crippen LogP contribution is -2.37. The smallest absolute Gasteiger partial charge is 0.251 e. The van der Waals surface area contributed by atoms with Crippen LogP contribution in [-0.4, -0.2) is 32.5 Å². The van der Waals surface area contributed by atoms with E-state index in [2.05, 4.69) is 27.9 Å². The minimum atomic E-state index is -0.0680. The summed E-state index contributed by atoms with van der Waals surface area (Å²) >= 11 is 0. The third-order valence-electron chi connectivity index (χ3n) is 2.95. The Labute approximate surface area is 144 Å². The number of nitrogens with one attached hydrogen (secondary N) is 3. The summed E-state index contributed by atoms with van der Waals surface area (Å²) in [6, 6.07) is 7.53. The van der Waals surface area contributed by atoms with E-state index in [1.165, 1.54) is 0 Å². The molecule has 0 aliphatic carbocycles. The lowest BCUT2D eigenvalue weighted by atomic mass is 10.1. The highest BCUT2D eigenvalue weighted by Gasteiger charge is 2.02. The van der Waals surface area contributed by atoms with Gasteiger partial charge in [0, 0.05) is 32.7 Å². The van der Waals surface area contributed by atoms with Crippen LogP contribution >= 0.6 is 24.0 Å². The monoisotopic (exact) mass is 404 g/mol. The molecule has 0 saturated heterocycles. The number of carbonyl (C=O) groups is 1. The fourth-order valence-corrected chi connectivity index (χ4v) is 1.71. The summed E-state index contributed by atoms with van der Waals surface area (Å²) in [5.41, 5.74) is 1.78. The number of nitrogens with zero attached hydrogens (tertiary/aromatic N) is 1. The molecule has 0 radical (unpaired) electrons. The fourth-order valence-electron chi connectivity index (χ4n) is 1.71. The number of aliphatic imine (C=N–C) groups is 1. The number of hydrogen-bond donors (Lipinski definition) is 3. The zero-order valence-electron chi connectivity index (χ0n) is 12.9. The number of benzene rings is 1. The number of unbranched alkanes of at least 4 members (excludes halogenated alkanes) is 1. The summed E-state index contributed by atoms with van der Waals surface area (Å²) < 4.78 is 0. The normalized spacial score (nSPS) is 10.5. The van der Waals surface area contributed by atoms with Crippen LogP contribution < -0.4 is 16.0 Å². The van der Waals surface area contributed by atoms with Crippen molar-refractivity contribution in [1.29, 1.82) is 0 Å². The van der Waals surface area contributed by atoms with E-state index >= 15 is 0 Å². The third-order valence-corrected chi connectivity index (χ3v) is 2.95. The highest BCUT2D eigenvalue weighted by Crippen LogP contribution is 2.04. The molecule has 0 atom stereocenters. The summed E-state index contributed by atoms with van der Waals surface area (Å²) in [4.78, 5) is 15.6. The standard InChI is InChI=1S/C15H24N4O.HI/c1-4-5-10-18-15(17-3)19-11-12-6-8-13(9-7-12)14(20)16-2;/h6-9H,4-5,10-11H2,1-3H3,(H,16,20)(H2,17,18,19);1H. The lowest BCUT2D eigenvalue weighted by molar-refractivity contribution is 0.0963. The second kappa shape index (κ2) is 11.4. The van der Waals surface area contributed by atoms with Gasteiger partial charge in [0.1, 0.15) is 0 Å². The average Bonchev–Trinajstić information content (AvgIpc) is 2.50. The average molecular weight is 404 g/mol. The Kier molecular flexibility index (Phi) is 10.7. The summed E-state index contributed by atoms with van der Waals surface area (Å²) in [5.74, 6) is 0.732. The number of carbonyl (C=O) groups excluding carboxylic acids is 1. The topological polar surface area (TPSA) is 65.5 Å². The van der Waals surface area contributed by atoms with Gasteiger partial charge in [-0.15, -0.1) is 24.0 Å². The molecule has 1 aromatic rings. The van der Waals surface area contributed by atoms with Crippen molar-refractivity contribution in [3.8, 4) is 0 Å². The maximum absolute atomic E-state index is 11.4. The molecule has 0 spiro atoms. The molecule has 0 aromatic heterocycles. The second-order valence-corrected chi connectivity index (χ2v) is 4.48. The van der Waals surface area contributed by atoms with E-state index in [0.29, 0.717) is 12.1 Å². The van der Waals surface area contributed by atoms with Gasteiger partial charge in [0.2, 0.25) is 0 Å². The molecular formula is C15H25IN4O. The molecule has 1 amide bonds. The zero-order valence-corrected chi connectivity index (χ0v) is 15.2. The van der Waals surface area contributed by atoms with Crippen LogP contribution in [0.15, 0.2) is 29.3 Å². The van der Waals surface area contributed by atoms with Crippen LogP contribution in [-0.2, 0) is 6.54 Å². The molecule has 0 saturated carbocycles. The van der Waals surface area contributed by atoms with Gasteiger partial charge in [-0.3, -0.25) is 9.79 Å². The Morgan fingerprint density at radius 3 is 2.38 bits per heavy atom. The van der Waals surface area contributed by atoms with Crippen LogP contribution in [0.25, 0.3) is 0 Å². The van der Waals surface area contributed by atoms with Crippen molar-refractivity contribution in [2.45, 2.75) is 26.3 Å². The molecule has 1 rings (SSSR count). The van der Waals surface area contributed by atoms with Crippen molar-refractivity contribution >= 4 is 35.8 Å². The molecule has 0 aliphatic rings. The maximum atomic E-state index is 11.4. The van der Waals surface area contributed by atoms with E-state index in [1.54, 1.807) is 14.1 Å². The first-order chi connectivity index (χ1) is 9.71. The first-order valence-electron chi connectivity index (χ1n) is 6.96. The van der Waals surface area contributed by atoms with Crippen molar-refractivity contribution < 1.29 is 4.79 Å². The maximum Gasteiger partial charge on any atom is 0.251 e. The van der Waals surface area contributed by atoms with Crippen LogP contribution in [0.1, 0.15) is 35.7 Å². The van der Waals surface area contributed by atoms with E-state index in [4.69, 9.17) is 0 Å². The molecule has 6 heteroatoms. The van der Waals surface area contributed by atoms with Crippen LogP contribution in [0.2, 0.25) is 0 Å². The first-order valence-corrected chi connectivity index (χ1v) is 6.96. The molecule has 0 heterocycles. The predicted octanol–water partition coefficient (Wildman–Crippen LogP) is 2.13. The van der Waals surface area contributed by atoms with E-state index < -0.39 is 0 Å². The molecule has 118 valence electrons. The van der Waals surface area contributed by atoms with Crippen molar-refractivity contribution in [2.24, 2.45) is 4.99 Å². The largest absolute Gasteiger partial charge is 0.356 e. The highest BCUT2D eigenvalue weighted by molar-refractivity contribution is 14.0. The lowest BCUT2D eigenvalue weighted by Gasteiger charge is -2.11. The van der Waals surface area contributed by atoms with Crippen molar-refractivity contribution in [3.05, 3.63) is 35.4 Å². The Hall–Kier alpha value is -1.31. The van der Waals surface area contributed by atoms with Crippen molar-refractivity contribution in [2.75, 3.05) is 20.6 Å². The molecule has 0 unspecified atom stereocenters. The zero-order chi connectivity index (χ0) is 14.8. The minimum absolute atomic E-state index is 0. The van der Waals surface area contributed by atoms with Gasteiger partial charge in [-0.2, -0.15) is 0 Å². The van der Waals surface area contributed by atoms with E-state index in [-0.39, 0.29) is 29.9 Å². The molecule has 21 heavy (non-hydrogen) atoms. The Morgan fingerprint density at radius 1 is 1.19 bits per heavy atom. The van der Waals surface area contributed by atoms with Crippen LogP contribution in [0.4, 0.5) is 0 Å². The van der Waals surface area contributed by atoms with Crippen molar-refractivity contribution in [3.63, 3.8) is 0 Å². The Bertz CT molecular complexity index is 445. The van der Waals surface area contributed by atoms with Gasteiger partial charge in [-0.25, -0.2) is 0 Å². The van der Waals surface area contributed by atoms with Crippen molar-refractivity contribution in [1.82, 2.24) is 16.0 Å². The molecule has 3 N–H and O–H groups in total. The van der Waals surface area contributed by atoms with Gasteiger partial charge < -0.3 is 16.0 Å². The first kappa shape index (κ1) is 19.7. The minimum Gasteiger partial charge on any atom is -0.356 e. The number of hydrogen-bond acceptors (Lipinski definition) is 2. The predicted molar refractivity (Wildman–Crippen MR) is 98.4 cm³/mol. The summed E-state index contributed by atoms with van der Waals surface area (Å²) in [7, 11) is 3.39. The van der Waals surface area contributed by atoms with Gasteiger partial charge in [0.05, 0.1) is 0 Å². The van der Waals surface area contributed by atoms with Crippen LogP contribution in [0.5, 0.6) is 0 Å². The number of rotatable bonds is 6. The number of halogens is 1. The summed E-state index contributed by atoms with van der Waals surface area (Å²) in [6.45, 7) is 3.76. The highest BCUT2D eigenvalue weighted by atomic mass is 127. The Balaban J connectivity index is 0.00000400. The van der Waals surface area contributed by atoms with Crippen LogP contribution in [0, 0.1) is 0 Å².